The van der Waals surface area contributed by atoms with Crippen molar-refractivity contribution in [1.82, 2.24) is 4.98 Å². The number of carbonyl (C=O) groups excluding carboxylic acids is 1. The molecule has 18 heavy (non-hydrogen) atoms. The topological polar surface area (TPSA) is 30.0 Å². The first-order valence-corrected chi connectivity index (χ1v) is 6.06. The summed E-state index contributed by atoms with van der Waals surface area (Å²) >= 11 is 0. The molecule has 0 aliphatic carbocycles. The Hall–Kier alpha value is -1.96. The van der Waals surface area contributed by atoms with E-state index < -0.39 is 0 Å². The molecule has 0 bridgehead atoms. The molecule has 0 aliphatic heterocycles. The molecule has 0 spiro atoms. The smallest absolute Gasteiger partial charge is 0.156 e. The zero-order valence-electron chi connectivity index (χ0n) is 11.0. The van der Waals surface area contributed by atoms with E-state index in [1.165, 1.54) is 0 Å². The van der Waals surface area contributed by atoms with Gasteiger partial charge in [-0.3, -0.25) is 9.78 Å². The normalized spacial score (nSPS) is 11.8. The van der Waals surface area contributed by atoms with Gasteiger partial charge in [-0.25, -0.2) is 0 Å². The van der Waals surface area contributed by atoms with Gasteiger partial charge in [-0.15, -0.1) is 0 Å². The van der Waals surface area contributed by atoms with Crippen molar-refractivity contribution >= 4 is 5.78 Å². The molecule has 0 aromatic carbocycles. The minimum atomic E-state index is 0.112. The number of nitrogens with zero attached hydrogens (tertiary/aromatic N) is 1. The van der Waals surface area contributed by atoms with E-state index in [4.69, 9.17) is 0 Å². The molecule has 0 fully saturated rings. The molecule has 1 aromatic rings. The molecule has 0 radical (unpaired) electrons. The van der Waals surface area contributed by atoms with Gasteiger partial charge in [0.05, 0.1) is 0 Å². The van der Waals surface area contributed by atoms with Crippen LogP contribution in [0.3, 0.4) is 0 Å². The summed E-state index contributed by atoms with van der Waals surface area (Å²) in [6.07, 6.45) is 8.30. The average Bonchev–Trinajstić information content (AvgIpc) is 2.38. The van der Waals surface area contributed by atoms with Crippen LogP contribution in [0.15, 0.2) is 60.3 Å². The summed E-state index contributed by atoms with van der Waals surface area (Å²) < 4.78 is 0. The molecular formula is C16H19NO. The lowest BCUT2D eigenvalue weighted by molar-refractivity contribution is -0.114. The second-order valence-electron chi connectivity index (χ2n) is 4.15. The molecule has 2 nitrogen and oxygen atoms in total. The molecule has 2 heteroatoms. The third kappa shape index (κ3) is 4.91. The van der Waals surface area contributed by atoms with Crippen LogP contribution in [0.2, 0.25) is 0 Å². The van der Waals surface area contributed by atoms with E-state index in [-0.39, 0.29) is 5.78 Å². The monoisotopic (exact) mass is 241 g/mol. The fourth-order valence-electron chi connectivity index (χ4n) is 1.55. The van der Waals surface area contributed by atoms with E-state index in [1.54, 1.807) is 12.3 Å². The second-order valence-corrected chi connectivity index (χ2v) is 4.15. The molecule has 0 saturated carbocycles. The Balaban J connectivity index is 2.48. The van der Waals surface area contributed by atoms with Gasteiger partial charge in [-0.1, -0.05) is 30.4 Å². The van der Waals surface area contributed by atoms with Gasteiger partial charge >= 0.3 is 0 Å². The molecule has 0 atom stereocenters. The summed E-state index contributed by atoms with van der Waals surface area (Å²) in [7, 11) is 0. The molecule has 0 saturated heterocycles. The fourth-order valence-corrected chi connectivity index (χ4v) is 1.55. The lowest BCUT2D eigenvalue weighted by atomic mass is 10.1. The van der Waals surface area contributed by atoms with Crippen molar-refractivity contribution in [2.75, 3.05) is 0 Å². The number of ketones is 1. The average molecular weight is 241 g/mol. The molecular weight excluding hydrogens is 222 g/mol. The van der Waals surface area contributed by atoms with Crippen LogP contribution in [-0.2, 0) is 11.2 Å². The zero-order valence-corrected chi connectivity index (χ0v) is 11.0. The van der Waals surface area contributed by atoms with Gasteiger partial charge in [0.25, 0.3) is 0 Å². The number of hydrogen-bond donors (Lipinski definition) is 0. The maximum atomic E-state index is 11.7. The summed E-state index contributed by atoms with van der Waals surface area (Å²) in [5.41, 5.74) is 2.91. The highest BCUT2D eigenvalue weighted by Crippen LogP contribution is 2.08. The number of pyridine rings is 1. The quantitative estimate of drug-likeness (QED) is 0.562. The van der Waals surface area contributed by atoms with Crippen LogP contribution in [0.4, 0.5) is 0 Å². The van der Waals surface area contributed by atoms with E-state index >= 15 is 0 Å². The predicted octanol–water partition coefficient (Wildman–Crippen LogP) is 3.66. The molecule has 1 aromatic heterocycles. The maximum Gasteiger partial charge on any atom is 0.156 e. The van der Waals surface area contributed by atoms with E-state index in [0.717, 1.165) is 16.8 Å². The van der Waals surface area contributed by atoms with Gasteiger partial charge in [0.1, 0.15) is 0 Å². The van der Waals surface area contributed by atoms with E-state index in [2.05, 4.69) is 11.6 Å². The minimum absolute atomic E-state index is 0.112. The Morgan fingerprint density at radius 3 is 2.72 bits per heavy atom. The highest BCUT2D eigenvalue weighted by atomic mass is 16.1. The molecule has 0 amide bonds. The van der Waals surface area contributed by atoms with Gasteiger partial charge in [-0.2, -0.15) is 0 Å². The number of hydrogen-bond acceptors (Lipinski definition) is 2. The molecule has 0 N–H and O–H groups in total. The maximum absolute atomic E-state index is 11.7. The van der Waals surface area contributed by atoms with Crippen LogP contribution in [0.25, 0.3) is 0 Å². The number of aromatic nitrogens is 1. The summed E-state index contributed by atoms with van der Waals surface area (Å²) in [6, 6.07) is 5.74. The van der Waals surface area contributed by atoms with Crippen LogP contribution in [0, 0.1) is 0 Å². The summed E-state index contributed by atoms with van der Waals surface area (Å²) in [4.78, 5) is 15.9. The van der Waals surface area contributed by atoms with E-state index in [1.807, 2.05) is 44.2 Å². The minimum Gasteiger partial charge on any atom is -0.295 e. The van der Waals surface area contributed by atoms with Crippen LogP contribution in [-0.4, -0.2) is 10.8 Å². The second kappa shape index (κ2) is 7.38. The molecule has 1 heterocycles. The Morgan fingerprint density at radius 2 is 2.17 bits per heavy atom. The predicted molar refractivity (Wildman–Crippen MR) is 75.3 cm³/mol. The lowest BCUT2D eigenvalue weighted by Gasteiger charge is -1.99. The van der Waals surface area contributed by atoms with Gasteiger partial charge in [0.15, 0.2) is 5.78 Å². The van der Waals surface area contributed by atoms with Crippen molar-refractivity contribution in [2.45, 2.75) is 26.7 Å². The number of rotatable bonds is 6. The highest BCUT2D eigenvalue weighted by molar-refractivity contribution is 5.90. The fraction of sp³-hybridized carbons (Fsp3) is 0.250. The number of allylic oxidation sites excluding steroid dienone is 5. The standard InChI is InChI=1S/C16H19NO/c1-4-14(13(2)3)8-10-16(18)11-9-15-7-5-6-12-17-15/h4-8,10,12H,2,9,11H2,1,3H3/b10-8-,14-4-. The van der Waals surface area contributed by atoms with Crippen molar-refractivity contribution in [3.63, 3.8) is 0 Å². The molecule has 1 rings (SSSR count). The van der Waals surface area contributed by atoms with Crippen LogP contribution < -0.4 is 0 Å². The van der Waals surface area contributed by atoms with Gasteiger partial charge in [0.2, 0.25) is 0 Å². The zero-order chi connectivity index (χ0) is 13.4. The van der Waals surface area contributed by atoms with Gasteiger partial charge in [0, 0.05) is 18.3 Å². The number of aryl methyl sites for hydroxylation is 1. The summed E-state index contributed by atoms with van der Waals surface area (Å²) in [5, 5.41) is 0. The third-order valence-electron chi connectivity index (χ3n) is 2.61. The van der Waals surface area contributed by atoms with Crippen molar-refractivity contribution in [1.29, 1.82) is 0 Å². The highest BCUT2D eigenvalue weighted by Gasteiger charge is 2.00. The Labute approximate surface area is 109 Å². The molecule has 94 valence electrons. The first kappa shape index (κ1) is 14.1. The van der Waals surface area contributed by atoms with Crippen LogP contribution in [0.1, 0.15) is 26.0 Å². The number of carbonyl (C=O) groups is 1. The first-order chi connectivity index (χ1) is 8.63. The van der Waals surface area contributed by atoms with Gasteiger partial charge in [-0.05, 0) is 44.1 Å². The lowest BCUT2D eigenvalue weighted by Crippen LogP contribution is -1.97. The van der Waals surface area contributed by atoms with Crippen molar-refractivity contribution in [3.8, 4) is 0 Å². The van der Waals surface area contributed by atoms with Crippen molar-refractivity contribution < 1.29 is 4.79 Å². The Bertz CT molecular complexity index is 469. The third-order valence-corrected chi connectivity index (χ3v) is 2.61. The Kier molecular flexibility index (Phi) is 5.78. The van der Waals surface area contributed by atoms with Gasteiger partial charge < -0.3 is 0 Å². The van der Waals surface area contributed by atoms with Crippen LogP contribution in [0.5, 0.6) is 0 Å². The molecule has 0 aliphatic rings. The van der Waals surface area contributed by atoms with E-state index in [0.29, 0.717) is 12.8 Å². The Morgan fingerprint density at radius 1 is 1.39 bits per heavy atom. The van der Waals surface area contributed by atoms with E-state index in [9.17, 15) is 4.79 Å². The summed E-state index contributed by atoms with van der Waals surface area (Å²) in [6.45, 7) is 7.72. The van der Waals surface area contributed by atoms with Crippen molar-refractivity contribution in [2.24, 2.45) is 0 Å². The largest absolute Gasteiger partial charge is 0.295 e. The SMILES string of the molecule is C=C(C)C(/C=C\C(=O)CCc1ccccn1)=C\C. The van der Waals surface area contributed by atoms with Crippen LogP contribution >= 0.6 is 0 Å². The van der Waals surface area contributed by atoms with Crippen molar-refractivity contribution in [3.05, 3.63) is 66.0 Å². The first-order valence-electron chi connectivity index (χ1n) is 6.06. The molecule has 0 unspecified atom stereocenters. The summed E-state index contributed by atoms with van der Waals surface area (Å²) in [5.74, 6) is 0.112.